The molecule has 0 saturated carbocycles. The van der Waals surface area contributed by atoms with Crippen LogP contribution in [0.3, 0.4) is 0 Å². The minimum atomic E-state index is -0.524. The highest BCUT2D eigenvalue weighted by molar-refractivity contribution is 6.00. The van der Waals surface area contributed by atoms with Crippen molar-refractivity contribution >= 4 is 11.6 Å². The first-order valence-electron chi connectivity index (χ1n) is 8.04. The molecule has 1 aromatic heterocycles. The summed E-state index contributed by atoms with van der Waals surface area (Å²) in [6.07, 6.45) is 2.83. The zero-order chi connectivity index (χ0) is 16.7. The zero-order valence-electron chi connectivity index (χ0n) is 13.5. The Morgan fingerprint density at radius 1 is 1.33 bits per heavy atom. The van der Waals surface area contributed by atoms with Crippen LogP contribution in [-0.2, 0) is 0 Å². The minimum absolute atomic E-state index is 0.122. The number of carbonyl (C=O) groups is 1. The van der Waals surface area contributed by atoms with Crippen LogP contribution in [0, 0.1) is 18.3 Å². The summed E-state index contributed by atoms with van der Waals surface area (Å²) in [5, 5.41) is 9.43. The molecule has 5 nitrogen and oxygen atoms in total. The molecule has 1 unspecified atom stereocenters. The molecular weight excluding hydrogens is 302 g/mol. The van der Waals surface area contributed by atoms with Crippen molar-refractivity contribution in [2.24, 2.45) is 0 Å². The molecule has 0 amide bonds. The van der Waals surface area contributed by atoms with Gasteiger partial charge in [0.15, 0.2) is 5.78 Å². The fourth-order valence-corrected chi connectivity index (χ4v) is 3.62. The van der Waals surface area contributed by atoms with E-state index in [1.165, 1.54) is 0 Å². The van der Waals surface area contributed by atoms with Gasteiger partial charge in [-0.2, -0.15) is 5.26 Å². The van der Waals surface area contributed by atoms with Gasteiger partial charge in [-0.15, -0.1) is 0 Å². The van der Waals surface area contributed by atoms with E-state index in [0.29, 0.717) is 35.7 Å². The van der Waals surface area contributed by atoms with E-state index in [1.54, 1.807) is 6.20 Å². The van der Waals surface area contributed by atoms with Crippen LogP contribution >= 0.6 is 0 Å². The van der Waals surface area contributed by atoms with Crippen LogP contribution < -0.4 is 9.64 Å². The average molecular weight is 319 g/mol. The van der Waals surface area contributed by atoms with Crippen molar-refractivity contribution < 1.29 is 9.53 Å². The summed E-state index contributed by atoms with van der Waals surface area (Å²) in [5.41, 5.74) is 1.64. The summed E-state index contributed by atoms with van der Waals surface area (Å²) in [6.45, 7) is 3.20. The number of rotatable bonds is 1. The largest absolute Gasteiger partial charge is 0.484 e. The van der Waals surface area contributed by atoms with Crippen LogP contribution in [0.5, 0.6) is 5.75 Å². The highest BCUT2D eigenvalue weighted by Gasteiger charge is 2.46. The van der Waals surface area contributed by atoms with Crippen LogP contribution in [-0.4, -0.2) is 29.5 Å². The summed E-state index contributed by atoms with van der Waals surface area (Å²) in [4.78, 5) is 19.0. The van der Waals surface area contributed by atoms with Crippen LogP contribution in [0.25, 0.3) is 0 Å². The second kappa shape index (κ2) is 5.34. The molecule has 1 aromatic carbocycles. The third-order valence-electron chi connectivity index (χ3n) is 4.86. The molecule has 1 fully saturated rings. The normalized spacial score (nSPS) is 22.2. The van der Waals surface area contributed by atoms with Crippen molar-refractivity contribution in [1.82, 2.24) is 4.98 Å². The van der Waals surface area contributed by atoms with E-state index in [9.17, 15) is 10.1 Å². The second-order valence-corrected chi connectivity index (χ2v) is 6.49. The van der Waals surface area contributed by atoms with E-state index in [-0.39, 0.29) is 5.78 Å². The summed E-state index contributed by atoms with van der Waals surface area (Å²) in [7, 11) is 0. The lowest BCUT2D eigenvalue weighted by atomic mass is 9.89. The van der Waals surface area contributed by atoms with Crippen LogP contribution in [0.4, 0.5) is 5.82 Å². The molecule has 2 aromatic rings. The Kier molecular flexibility index (Phi) is 3.27. The van der Waals surface area contributed by atoms with Gasteiger partial charge in [0, 0.05) is 19.2 Å². The summed E-state index contributed by atoms with van der Waals surface area (Å²) >= 11 is 0. The summed E-state index contributed by atoms with van der Waals surface area (Å²) in [5.74, 6) is 1.47. The maximum Gasteiger partial charge on any atom is 0.170 e. The van der Waals surface area contributed by atoms with Gasteiger partial charge < -0.3 is 9.64 Å². The number of hydrogen-bond donors (Lipinski definition) is 0. The maximum atomic E-state index is 12.5. The number of hydrogen-bond acceptors (Lipinski definition) is 5. The number of Topliss-reactive ketones (excluding diaryl/α,β-unsaturated/α-hetero) is 1. The number of ether oxygens (including phenoxy) is 1. The Morgan fingerprint density at radius 3 is 3.00 bits per heavy atom. The Bertz CT molecular complexity index is 871. The molecule has 4 rings (SSSR count). The molecule has 120 valence electrons. The van der Waals surface area contributed by atoms with Crippen molar-refractivity contribution in [1.29, 1.82) is 5.26 Å². The van der Waals surface area contributed by atoms with Crippen LogP contribution in [0.2, 0.25) is 0 Å². The number of ketones is 1. The molecule has 2 aliphatic rings. The van der Waals surface area contributed by atoms with Crippen molar-refractivity contribution in [3.05, 3.63) is 53.2 Å². The molecule has 0 radical (unpaired) electrons. The van der Waals surface area contributed by atoms with Gasteiger partial charge in [0.05, 0.1) is 24.1 Å². The number of carbonyl (C=O) groups excluding carboxylic acids is 1. The number of anilines is 1. The van der Waals surface area contributed by atoms with Gasteiger partial charge in [0.25, 0.3) is 0 Å². The molecule has 0 bridgehead atoms. The van der Waals surface area contributed by atoms with Crippen molar-refractivity contribution in [2.45, 2.75) is 25.4 Å². The number of para-hydroxylation sites is 1. The molecule has 2 aliphatic heterocycles. The fourth-order valence-electron chi connectivity index (χ4n) is 3.62. The minimum Gasteiger partial charge on any atom is -0.484 e. The van der Waals surface area contributed by atoms with E-state index in [1.807, 2.05) is 37.3 Å². The Balaban J connectivity index is 1.66. The van der Waals surface area contributed by atoms with E-state index < -0.39 is 5.60 Å². The van der Waals surface area contributed by atoms with Crippen molar-refractivity contribution in [3.8, 4) is 11.8 Å². The van der Waals surface area contributed by atoms with Gasteiger partial charge in [-0.1, -0.05) is 12.1 Å². The van der Waals surface area contributed by atoms with Crippen molar-refractivity contribution in [3.63, 3.8) is 0 Å². The van der Waals surface area contributed by atoms with Crippen molar-refractivity contribution in [2.75, 3.05) is 18.0 Å². The monoisotopic (exact) mass is 319 g/mol. The second-order valence-electron chi connectivity index (χ2n) is 6.49. The molecule has 0 aliphatic carbocycles. The smallest absolute Gasteiger partial charge is 0.170 e. The van der Waals surface area contributed by atoms with Crippen LogP contribution in [0.1, 0.15) is 34.3 Å². The number of aryl methyl sites for hydroxylation is 1. The number of aromatic nitrogens is 1. The molecule has 5 heteroatoms. The van der Waals surface area contributed by atoms with E-state index in [2.05, 4.69) is 16.0 Å². The third kappa shape index (κ3) is 2.23. The van der Waals surface area contributed by atoms with E-state index >= 15 is 0 Å². The third-order valence-corrected chi connectivity index (χ3v) is 4.86. The van der Waals surface area contributed by atoms with Gasteiger partial charge in [-0.3, -0.25) is 4.79 Å². The zero-order valence-corrected chi connectivity index (χ0v) is 13.5. The molecule has 3 heterocycles. The molecule has 1 saturated heterocycles. The number of fused-ring (bicyclic) bond motifs is 1. The number of nitrogens with zero attached hydrogens (tertiary/aromatic N) is 3. The predicted molar refractivity (Wildman–Crippen MR) is 89.3 cm³/mol. The summed E-state index contributed by atoms with van der Waals surface area (Å²) < 4.78 is 6.23. The average Bonchev–Trinajstić information content (AvgIpc) is 2.97. The Morgan fingerprint density at radius 2 is 2.17 bits per heavy atom. The highest BCUT2D eigenvalue weighted by Crippen LogP contribution is 2.40. The maximum absolute atomic E-state index is 12.5. The molecule has 24 heavy (non-hydrogen) atoms. The molecule has 0 N–H and O–H groups in total. The predicted octanol–water partition coefficient (Wildman–Crippen LogP) is 2.88. The lowest BCUT2D eigenvalue weighted by Crippen LogP contribution is -2.44. The standard InChI is InChI=1S/C19H17N3O2/c1-13-6-8-21-18(15(13)11-20)22-9-7-19(12-22)10-16(23)14-4-2-3-5-17(14)24-19/h2-6,8H,7,9-10,12H2,1H3. The molecular formula is C19H17N3O2. The van der Waals surface area contributed by atoms with E-state index in [4.69, 9.17) is 4.74 Å². The molecule has 1 spiro atoms. The van der Waals surface area contributed by atoms with Gasteiger partial charge in [-0.05, 0) is 30.7 Å². The van der Waals surface area contributed by atoms with Gasteiger partial charge >= 0.3 is 0 Å². The Labute approximate surface area is 140 Å². The van der Waals surface area contributed by atoms with Gasteiger partial charge in [0.1, 0.15) is 23.2 Å². The lowest BCUT2D eigenvalue weighted by Gasteiger charge is -2.34. The quantitative estimate of drug-likeness (QED) is 0.808. The number of benzene rings is 1. The number of pyridine rings is 1. The lowest BCUT2D eigenvalue weighted by molar-refractivity contribution is 0.0538. The highest BCUT2D eigenvalue weighted by atomic mass is 16.5. The first-order chi connectivity index (χ1) is 11.6. The van der Waals surface area contributed by atoms with Gasteiger partial charge in [0.2, 0.25) is 0 Å². The molecule has 1 atom stereocenters. The topological polar surface area (TPSA) is 66.2 Å². The number of nitriles is 1. The Hall–Kier alpha value is -2.87. The first-order valence-corrected chi connectivity index (χ1v) is 8.04. The van der Waals surface area contributed by atoms with Crippen LogP contribution in [0.15, 0.2) is 36.5 Å². The van der Waals surface area contributed by atoms with E-state index in [0.717, 1.165) is 18.5 Å². The first kappa shape index (κ1) is 14.7. The fraction of sp³-hybridized carbons (Fsp3) is 0.316. The SMILES string of the molecule is Cc1ccnc(N2CCC3(CC(=O)c4ccccc4O3)C2)c1C#N. The summed E-state index contributed by atoms with van der Waals surface area (Å²) in [6, 6.07) is 11.5. The van der Waals surface area contributed by atoms with Gasteiger partial charge in [-0.25, -0.2) is 4.98 Å².